The van der Waals surface area contributed by atoms with Gasteiger partial charge in [0.05, 0.1) is 31.7 Å². The number of nitrogens with two attached hydrogens (primary N) is 1. The fraction of sp³-hybridized carbons (Fsp3) is 0.833. The molecule has 18 heavy (non-hydrogen) atoms. The van der Waals surface area contributed by atoms with Crippen molar-refractivity contribution in [1.29, 1.82) is 0 Å². The van der Waals surface area contributed by atoms with Crippen LogP contribution >= 0.6 is 0 Å². The molecule has 0 bridgehead atoms. The summed E-state index contributed by atoms with van der Waals surface area (Å²) in [5, 5.41) is 12.6. The first-order valence-corrected chi connectivity index (χ1v) is 6.08. The van der Waals surface area contributed by atoms with Crippen LogP contribution in [-0.2, 0) is 14.3 Å². The molecule has 0 aromatic rings. The summed E-state index contributed by atoms with van der Waals surface area (Å²) in [6.45, 7) is 5.50. The Morgan fingerprint density at radius 1 is 1.33 bits per heavy atom. The molecule has 0 rings (SSSR count). The highest BCUT2D eigenvalue weighted by Gasteiger charge is 2.25. The van der Waals surface area contributed by atoms with Crippen molar-refractivity contribution >= 4 is 11.9 Å². The fourth-order valence-corrected chi connectivity index (χ4v) is 1.53. The van der Waals surface area contributed by atoms with E-state index in [0.29, 0.717) is 6.42 Å². The van der Waals surface area contributed by atoms with E-state index in [9.17, 15) is 14.7 Å². The molecule has 0 aliphatic rings. The number of rotatable bonds is 7. The van der Waals surface area contributed by atoms with Crippen molar-refractivity contribution in [2.75, 3.05) is 7.11 Å². The van der Waals surface area contributed by atoms with Gasteiger partial charge in [0.15, 0.2) is 0 Å². The molecule has 6 nitrogen and oxygen atoms in total. The van der Waals surface area contributed by atoms with Gasteiger partial charge in [0, 0.05) is 0 Å². The Morgan fingerprint density at radius 2 is 1.89 bits per heavy atom. The summed E-state index contributed by atoms with van der Waals surface area (Å²) >= 11 is 0. The summed E-state index contributed by atoms with van der Waals surface area (Å²) in [5.41, 5.74) is 5.46. The molecular weight excluding hydrogens is 236 g/mol. The van der Waals surface area contributed by atoms with Gasteiger partial charge in [-0.2, -0.15) is 0 Å². The molecule has 0 radical (unpaired) electrons. The number of aliphatic hydroxyl groups excluding tert-OH is 1. The second kappa shape index (κ2) is 8.05. The highest BCUT2D eigenvalue weighted by atomic mass is 16.5. The number of nitrogens with one attached hydrogen (secondary N) is 1. The van der Waals surface area contributed by atoms with Crippen molar-refractivity contribution in [3.63, 3.8) is 0 Å². The van der Waals surface area contributed by atoms with Gasteiger partial charge < -0.3 is 20.9 Å². The molecule has 0 fully saturated rings. The van der Waals surface area contributed by atoms with Crippen LogP contribution in [0.1, 0.15) is 33.6 Å². The molecule has 6 heteroatoms. The fourth-order valence-electron chi connectivity index (χ4n) is 1.53. The van der Waals surface area contributed by atoms with Crippen LogP contribution in [0, 0.1) is 5.92 Å². The van der Waals surface area contributed by atoms with E-state index < -0.39 is 24.2 Å². The highest BCUT2D eigenvalue weighted by molar-refractivity contribution is 5.81. The number of amides is 1. The minimum absolute atomic E-state index is 0.146. The van der Waals surface area contributed by atoms with Crippen LogP contribution in [-0.4, -0.2) is 42.3 Å². The second-order valence-corrected chi connectivity index (χ2v) is 4.88. The summed E-state index contributed by atoms with van der Waals surface area (Å²) in [4.78, 5) is 22.6. The predicted octanol–water partition coefficient (Wildman–Crippen LogP) is -0.211. The Balaban J connectivity index is 4.55. The molecule has 0 unspecified atom stereocenters. The maximum Gasteiger partial charge on any atom is 0.308 e. The zero-order valence-electron chi connectivity index (χ0n) is 11.5. The summed E-state index contributed by atoms with van der Waals surface area (Å²) in [5.74, 6) is -0.577. The molecular formula is C12H24N2O4. The monoisotopic (exact) mass is 260 g/mol. The second-order valence-electron chi connectivity index (χ2n) is 4.88. The Labute approximate surface area is 108 Å². The molecule has 106 valence electrons. The number of carbonyl (C=O) groups excluding carboxylic acids is 2. The molecule has 0 aliphatic heterocycles. The van der Waals surface area contributed by atoms with Gasteiger partial charge >= 0.3 is 5.97 Å². The van der Waals surface area contributed by atoms with Crippen molar-refractivity contribution in [1.82, 2.24) is 5.32 Å². The van der Waals surface area contributed by atoms with Crippen LogP contribution < -0.4 is 11.1 Å². The quantitative estimate of drug-likeness (QED) is 0.550. The summed E-state index contributed by atoms with van der Waals surface area (Å²) in [6, 6.07) is -1.15. The lowest BCUT2D eigenvalue weighted by Gasteiger charge is -2.25. The molecule has 0 aromatic carbocycles. The number of esters is 1. The molecule has 0 heterocycles. The van der Waals surface area contributed by atoms with Crippen LogP contribution in [0.3, 0.4) is 0 Å². The number of hydrogen-bond donors (Lipinski definition) is 3. The Hall–Kier alpha value is -1.14. The van der Waals surface area contributed by atoms with Gasteiger partial charge in [0.2, 0.25) is 5.91 Å². The molecule has 0 aromatic heterocycles. The Bertz CT molecular complexity index is 279. The normalized spacial score (nSPS) is 15.9. The van der Waals surface area contributed by atoms with E-state index in [1.54, 1.807) is 6.92 Å². The highest BCUT2D eigenvalue weighted by Crippen LogP contribution is 2.11. The van der Waals surface area contributed by atoms with Crippen LogP contribution in [0.4, 0.5) is 0 Å². The van der Waals surface area contributed by atoms with E-state index in [-0.39, 0.29) is 18.2 Å². The molecule has 4 N–H and O–H groups in total. The Morgan fingerprint density at radius 3 is 2.28 bits per heavy atom. The third kappa shape index (κ3) is 6.56. The number of ether oxygens (including phenoxy) is 1. The van der Waals surface area contributed by atoms with Crippen LogP contribution in [0.2, 0.25) is 0 Å². The van der Waals surface area contributed by atoms with Crippen molar-refractivity contribution in [2.45, 2.75) is 51.8 Å². The van der Waals surface area contributed by atoms with Gasteiger partial charge in [0.25, 0.3) is 0 Å². The maximum absolute atomic E-state index is 11.5. The first-order chi connectivity index (χ1) is 8.27. The minimum Gasteiger partial charge on any atom is -0.469 e. The number of carbonyl (C=O) groups is 2. The molecule has 0 saturated heterocycles. The molecule has 3 atom stereocenters. The van der Waals surface area contributed by atoms with Crippen molar-refractivity contribution in [3.8, 4) is 0 Å². The molecule has 0 spiro atoms. The topological polar surface area (TPSA) is 102 Å². The summed E-state index contributed by atoms with van der Waals surface area (Å²) < 4.78 is 4.49. The van der Waals surface area contributed by atoms with Gasteiger partial charge in [-0.15, -0.1) is 0 Å². The third-order valence-electron chi connectivity index (χ3n) is 2.53. The predicted molar refractivity (Wildman–Crippen MR) is 67.7 cm³/mol. The average Bonchev–Trinajstić information content (AvgIpc) is 2.26. The first kappa shape index (κ1) is 16.9. The third-order valence-corrected chi connectivity index (χ3v) is 2.53. The largest absolute Gasteiger partial charge is 0.469 e. The van der Waals surface area contributed by atoms with Crippen molar-refractivity contribution in [3.05, 3.63) is 0 Å². The SMILES string of the molecule is COC(=O)C[C@H](O)[C@H](CC(C)C)NC(=O)[C@H](C)N. The molecule has 0 aliphatic carbocycles. The number of methoxy groups -OCH3 is 1. The first-order valence-electron chi connectivity index (χ1n) is 6.08. The van der Waals surface area contributed by atoms with E-state index in [2.05, 4.69) is 10.1 Å². The van der Waals surface area contributed by atoms with E-state index >= 15 is 0 Å². The van der Waals surface area contributed by atoms with E-state index in [1.807, 2.05) is 13.8 Å². The zero-order chi connectivity index (χ0) is 14.3. The van der Waals surface area contributed by atoms with Gasteiger partial charge in [-0.25, -0.2) is 0 Å². The molecule has 1 amide bonds. The van der Waals surface area contributed by atoms with E-state index in [4.69, 9.17) is 5.73 Å². The van der Waals surface area contributed by atoms with E-state index in [1.165, 1.54) is 7.11 Å². The van der Waals surface area contributed by atoms with E-state index in [0.717, 1.165) is 0 Å². The zero-order valence-corrected chi connectivity index (χ0v) is 11.5. The smallest absolute Gasteiger partial charge is 0.308 e. The van der Waals surface area contributed by atoms with Gasteiger partial charge in [0.1, 0.15) is 0 Å². The summed E-state index contributed by atoms with van der Waals surface area (Å²) in [6.07, 6.45) is -0.549. The number of aliphatic hydroxyl groups is 1. The molecule has 0 saturated carbocycles. The minimum atomic E-state index is -0.970. The van der Waals surface area contributed by atoms with Crippen molar-refractivity contribution in [2.24, 2.45) is 11.7 Å². The van der Waals surface area contributed by atoms with Crippen LogP contribution in [0.5, 0.6) is 0 Å². The van der Waals surface area contributed by atoms with Crippen LogP contribution in [0.15, 0.2) is 0 Å². The summed E-state index contributed by atoms with van der Waals surface area (Å²) in [7, 11) is 1.26. The number of hydrogen-bond acceptors (Lipinski definition) is 5. The van der Waals surface area contributed by atoms with Crippen molar-refractivity contribution < 1.29 is 19.4 Å². The lowest BCUT2D eigenvalue weighted by molar-refractivity contribution is -0.143. The lowest BCUT2D eigenvalue weighted by atomic mass is 9.97. The standard InChI is InChI=1S/C12H24N2O4/c1-7(2)5-9(14-12(17)8(3)13)10(15)6-11(16)18-4/h7-10,15H,5-6,13H2,1-4H3,(H,14,17)/t8-,9-,10-/m0/s1. The van der Waals surface area contributed by atoms with Gasteiger partial charge in [-0.05, 0) is 19.3 Å². The Kier molecular flexibility index (Phi) is 7.54. The average molecular weight is 260 g/mol. The van der Waals surface area contributed by atoms with Gasteiger partial charge in [-0.1, -0.05) is 13.8 Å². The lowest BCUT2D eigenvalue weighted by Crippen LogP contribution is -2.49. The maximum atomic E-state index is 11.5. The van der Waals surface area contributed by atoms with Gasteiger partial charge in [-0.3, -0.25) is 9.59 Å². The van der Waals surface area contributed by atoms with Crippen LogP contribution in [0.25, 0.3) is 0 Å².